The van der Waals surface area contributed by atoms with Gasteiger partial charge in [-0.3, -0.25) is 4.90 Å². The van der Waals surface area contributed by atoms with Crippen molar-refractivity contribution in [1.82, 2.24) is 15.1 Å². The molecule has 2 heterocycles. The van der Waals surface area contributed by atoms with E-state index in [1.165, 1.54) is 25.9 Å². The molecule has 2 atom stereocenters. The first-order chi connectivity index (χ1) is 10.4. The molecule has 1 N–H and O–H groups in total. The fourth-order valence-corrected chi connectivity index (χ4v) is 3.38. The summed E-state index contributed by atoms with van der Waals surface area (Å²) in [6, 6.07) is 0.861. The van der Waals surface area contributed by atoms with E-state index in [0.717, 1.165) is 32.5 Å². The number of likely N-dealkylation sites (tertiary alicyclic amines) is 2. The molecule has 0 bridgehead atoms. The highest BCUT2D eigenvalue weighted by Gasteiger charge is 2.32. The van der Waals surface area contributed by atoms with Gasteiger partial charge in [-0.15, -0.1) is 0 Å². The first kappa shape index (κ1) is 17.5. The summed E-state index contributed by atoms with van der Waals surface area (Å²) in [4.78, 5) is 16.7. The Balaban J connectivity index is 1.73. The number of hydrogen-bond acceptors (Lipinski definition) is 4. The Hall–Kier alpha value is -0.810. The molecule has 2 saturated heterocycles. The predicted octanol–water partition coefficient (Wildman–Crippen LogP) is 2.46. The molecule has 2 aliphatic rings. The lowest BCUT2D eigenvalue weighted by atomic mass is 10.2. The third kappa shape index (κ3) is 5.13. The first-order valence-electron chi connectivity index (χ1n) is 8.81. The van der Waals surface area contributed by atoms with E-state index in [1.54, 1.807) is 0 Å². The van der Waals surface area contributed by atoms with E-state index in [1.807, 2.05) is 25.7 Å². The Morgan fingerprint density at radius 3 is 2.55 bits per heavy atom. The topological polar surface area (TPSA) is 44.8 Å². The lowest BCUT2D eigenvalue weighted by Crippen LogP contribution is -2.46. The minimum absolute atomic E-state index is 0.163. The lowest BCUT2D eigenvalue weighted by Gasteiger charge is -2.29. The molecule has 2 aliphatic heterocycles. The molecular formula is C17H33N3O2. The monoisotopic (exact) mass is 311 g/mol. The lowest BCUT2D eigenvalue weighted by molar-refractivity contribution is 0.0226. The van der Waals surface area contributed by atoms with Crippen LogP contribution in [0, 0.1) is 0 Å². The van der Waals surface area contributed by atoms with Crippen LogP contribution in [0.25, 0.3) is 0 Å². The van der Waals surface area contributed by atoms with E-state index in [2.05, 4.69) is 17.1 Å². The molecule has 5 heteroatoms. The van der Waals surface area contributed by atoms with Gasteiger partial charge in [-0.25, -0.2) is 4.79 Å². The molecule has 2 rings (SSSR count). The molecule has 0 aromatic rings. The molecule has 2 unspecified atom stereocenters. The summed E-state index contributed by atoms with van der Waals surface area (Å²) < 4.78 is 5.51. The Bertz CT molecular complexity index is 361. The number of hydrogen-bond donors (Lipinski definition) is 1. The van der Waals surface area contributed by atoms with Crippen molar-refractivity contribution in [2.24, 2.45) is 0 Å². The number of carbonyl (C=O) groups is 1. The third-order valence-corrected chi connectivity index (χ3v) is 4.59. The summed E-state index contributed by atoms with van der Waals surface area (Å²) in [6.07, 6.45) is 4.65. The van der Waals surface area contributed by atoms with Crippen molar-refractivity contribution in [3.05, 3.63) is 0 Å². The highest BCUT2D eigenvalue weighted by atomic mass is 16.6. The maximum absolute atomic E-state index is 12.2. The zero-order valence-corrected chi connectivity index (χ0v) is 14.7. The largest absolute Gasteiger partial charge is 0.444 e. The zero-order valence-electron chi connectivity index (χ0n) is 14.7. The van der Waals surface area contributed by atoms with Gasteiger partial charge in [0.15, 0.2) is 0 Å². The standard InChI is InChI=1S/C17H33N3O2/c1-14(19-9-5-6-10-19)12-18-13-15-8-7-11-20(15)16(21)22-17(2,3)4/h14-15,18H,5-13H2,1-4H3. The smallest absolute Gasteiger partial charge is 0.410 e. The summed E-state index contributed by atoms with van der Waals surface area (Å²) in [6.45, 7) is 13.2. The number of nitrogens with one attached hydrogen (secondary N) is 1. The molecule has 0 radical (unpaired) electrons. The zero-order chi connectivity index (χ0) is 16.2. The molecule has 22 heavy (non-hydrogen) atoms. The summed E-state index contributed by atoms with van der Waals surface area (Å²) in [5.74, 6) is 0. The second-order valence-corrected chi connectivity index (χ2v) is 7.72. The van der Waals surface area contributed by atoms with Crippen LogP contribution in [0.3, 0.4) is 0 Å². The number of carbonyl (C=O) groups excluding carboxylic acids is 1. The number of rotatable bonds is 5. The highest BCUT2D eigenvalue weighted by Crippen LogP contribution is 2.20. The SMILES string of the molecule is CC(CNCC1CCCN1C(=O)OC(C)(C)C)N1CCCC1. The van der Waals surface area contributed by atoms with E-state index in [-0.39, 0.29) is 12.1 Å². The maximum atomic E-state index is 12.2. The van der Waals surface area contributed by atoms with Gasteiger partial charge in [0.05, 0.1) is 0 Å². The van der Waals surface area contributed by atoms with Gasteiger partial charge in [0.1, 0.15) is 5.60 Å². The summed E-state index contributed by atoms with van der Waals surface area (Å²) in [5.41, 5.74) is -0.415. The average Bonchev–Trinajstić information content (AvgIpc) is 3.08. The minimum atomic E-state index is -0.415. The van der Waals surface area contributed by atoms with Gasteiger partial charge in [-0.1, -0.05) is 0 Å². The van der Waals surface area contributed by atoms with Crippen molar-refractivity contribution < 1.29 is 9.53 Å². The van der Waals surface area contributed by atoms with Crippen molar-refractivity contribution in [1.29, 1.82) is 0 Å². The van der Waals surface area contributed by atoms with Crippen LogP contribution in [-0.4, -0.2) is 66.3 Å². The Morgan fingerprint density at radius 1 is 1.23 bits per heavy atom. The number of nitrogens with zero attached hydrogens (tertiary/aromatic N) is 2. The number of amides is 1. The third-order valence-electron chi connectivity index (χ3n) is 4.59. The fraction of sp³-hybridized carbons (Fsp3) is 0.941. The van der Waals surface area contributed by atoms with Crippen LogP contribution in [0.4, 0.5) is 4.79 Å². The molecule has 0 spiro atoms. The summed E-state index contributed by atoms with van der Waals surface area (Å²) in [7, 11) is 0. The number of ether oxygens (including phenoxy) is 1. The molecular weight excluding hydrogens is 278 g/mol. The van der Waals surface area contributed by atoms with Gasteiger partial charge in [0, 0.05) is 31.7 Å². The van der Waals surface area contributed by atoms with E-state index >= 15 is 0 Å². The van der Waals surface area contributed by atoms with Gasteiger partial charge in [-0.2, -0.15) is 0 Å². The molecule has 0 aliphatic carbocycles. The van der Waals surface area contributed by atoms with Gasteiger partial charge in [0.25, 0.3) is 0 Å². The van der Waals surface area contributed by atoms with Crippen LogP contribution in [0.5, 0.6) is 0 Å². The van der Waals surface area contributed by atoms with Crippen molar-refractivity contribution in [3.8, 4) is 0 Å². The van der Waals surface area contributed by atoms with Gasteiger partial charge in [-0.05, 0) is 66.5 Å². The van der Waals surface area contributed by atoms with Crippen LogP contribution < -0.4 is 5.32 Å². The first-order valence-corrected chi connectivity index (χ1v) is 8.81. The quantitative estimate of drug-likeness (QED) is 0.847. The van der Waals surface area contributed by atoms with Crippen LogP contribution in [0.2, 0.25) is 0 Å². The summed E-state index contributed by atoms with van der Waals surface area (Å²) >= 11 is 0. The van der Waals surface area contributed by atoms with Crippen LogP contribution in [0.15, 0.2) is 0 Å². The molecule has 2 fully saturated rings. The van der Waals surface area contributed by atoms with Crippen LogP contribution >= 0.6 is 0 Å². The van der Waals surface area contributed by atoms with Gasteiger partial charge < -0.3 is 15.0 Å². The van der Waals surface area contributed by atoms with Crippen molar-refractivity contribution in [2.75, 3.05) is 32.7 Å². The van der Waals surface area contributed by atoms with Crippen LogP contribution in [0.1, 0.15) is 53.4 Å². The molecule has 0 aromatic carbocycles. The molecule has 0 saturated carbocycles. The van der Waals surface area contributed by atoms with E-state index in [4.69, 9.17) is 4.74 Å². The van der Waals surface area contributed by atoms with Gasteiger partial charge >= 0.3 is 6.09 Å². The normalized spacial score (nSPS) is 24.7. The molecule has 1 amide bonds. The molecule has 128 valence electrons. The summed E-state index contributed by atoms with van der Waals surface area (Å²) in [5, 5.41) is 3.56. The Morgan fingerprint density at radius 2 is 1.91 bits per heavy atom. The van der Waals surface area contributed by atoms with Crippen molar-refractivity contribution >= 4 is 6.09 Å². The van der Waals surface area contributed by atoms with E-state index in [0.29, 0.717) is 6.04 Å². The fourth-order valence-electron chi connectivity index (χ4n) is 3.38. The van der Waals surface area contributed by atoms with Gasteiger partial charge in [0.2, 0.25) is 0 Å². The molecule has 5 nitrogen and oxygen atoms in total. The van der Waals surface area contributed by atoms with Crippen molar-refractivity contribution in [3.63, 3.8) is 0 Å². The molecule has 0 aromatic heterocycles. The highest BCUT2D eigenvalue weighted by molar-refractivity contribution is 5.69. The van der Waals surface area contributed by atoms with Crippen LogP contribution in [-0.2, 0) is 4.74 Å². The minimum Gasteiger partial charge on any atom is -0.444 e. The average molecular weight is 311 g/mol. The Labute approximate surface area is 135 Å². The predicted molar refractivity (Wildman–Crippen MR) is 89.1 cm³/mol. The van der Waals surface area contributed by atoms with E-state index in [9.17, 15) is 4.79 Å². The second-order valence-electron chi connectivity index (χ2n) is 7.72. The Kier molecular flexibility index (Phi) is 6.09. The maximum Gasteiger partial charge on any atom is 0.410 e. The van der Waals surface area contributed by atoms with E-state index < -0.39 is 5.60 Å². The van der Waals surface area contributed by atoms with Crippen molar-refractivity contribution in [2.45, 2.75) is 71.1 Å². The second kappa shape index (κ2) is 7.64.